The van der Waals surface area contributed by atoms with Crippen LogP contribution in [-0.2, 0) is 6.18 Å². The Labute approximate surface area is 152 Å². The molecule has 0 bridgehead atoms. The van der Waals surface area contributed by atoms with Crippen LogP contribution in [0.15, 0.2) is 24.3 Å². The molecular formula is C15H16ClF4N5O. The Morgan fingerprint density at radius 3 is 2.54 bits per heavy atom. The van der Waals surface area contributed by atoms with E-state index in [2.05, 4.69) is 20.9 Å². The normalized spacial score (nSPS) is 17.5. The molecule has 1 atom stereocenters. The summed E-state index contributed by atoms with van der Waals surface area (Å²) >= 11 is 0. The molecule has 0 saturated carbocycles. The molecule has 1 aliphatic heterocycles. The first kappa shape index (κ1) is 20.1. The third kappa shape index (κ3) is 4.31. The van der Waals surface area contributed by atoms with Crippen molar-refractivity contribution in [3.8, 4) is 5.69 Å². The lowest BCUT2D eigenvalue weighted by molar-refractivity contribution is -0.143. The average molecular weight is 394 g/mol. The van der Waals surface area contributed by atoms with Crippen molar-refractivity contribution in [2.24, 2.45) is 0 Å². The van der Waals surface area contributed by atoms with Gasteiger partial charge in [-0.25, -0.2) is 9.07 Å². The van der Waals surface area contributed by atoms with Crippen molar-refractivity contribution < 1.29 is 22.4 Å². The van der Waals surface area contributed by atoms with Gasteiger partial charge < -0.3 is 10.6 Å². The molecule has 0 spiro atoms. The molecule has 0 radical (unpaired) electrons. The van der Waals surface area contributed by atoms with E-state index < -0.39 is 29.3 Å². The maximum absolute atomic E-state index is 13.5. The van der Waals surface area contributed by atoms with E-state index in [9.17, 15) is 22.4 Å². The van der Waals surface area contributed by atoms with Crippen LogP contribution in [0.5, 0.6) is 0 Å². The fraction of sp³-hybridized carbons (Fsp3) is 0.400. The van der Waals surface area contributed by atoms with Crippen molar-refractivity contribution in [1.29, 1.82) is 0 Å². The van der Waals surface area contributed by atoms with E-state index in [1.807, 2.05) is 0 Å². The SMILES string of the molecule is Cl.O=C(N[C@H]1CCCNC1)c1nnn(-c2ccc(F)cc2)c1C(F)(F)F. The van der Waals surface area contributed by atoms with Gasteiger partial charge in [0.05, 0.1) is 5.69 Å². The molecule has 0 unspecified atom stereocenters. The number of hydrogen-bond donors (Lipinski definition) is 2. The first-order valence-electron chi connectivity index (χ1n) is 7.66. The average Bonchev–Trinajstić information content (AvgIpc) is 3.02. The summed E-state index contributed by atoms with van der Waals surface area (Å²) in [7, 11) is 0. The maximum Gasteiger partial charge on any atom is 0.435 e. The maximum atomic E-state index is 13.5. The highest BCUT2D eigenvalue weighted by atomic mass is 35.5. The zero-order valence-electron chi connectivity index (χ0n) is 13.4. The van der Waals surface area contributed by atoms with Gasteiger partial charge in [0.2, 0.25) is 0 Å². The van der Waals surface area contributed by atoms with Crippen molar-refractivity contribution in [2.75, 3.05) is 13.1 Å². The summed E-state index contributed by atoms with van der Waals surface area (Å²) in [4.78, 5) is 12.3. The number of amides is 1. The second-order valence-electron chi connectivity index (χ2n) is 5.69. The summed E-state index contributed by atoms with van der Waals surface area (Å²) in [5.74, 6) is -1.53. The Hall–Kier alpha value is -2.20. The summed E-state index contributed by atoms with van der Waals surface area (Å²) in [6, 6.07) is 4.01. The Kier molecular flexibility index (Phi) is 6.19. The largest absolute Gasteiger partial charge is 0.435 e. The van der Waals surface area contributed by atoms with E-state index in [0.717, 1.165) is 37.2 Å². The standard InChI is InChI=1S/C15H15F4N5O.ClH/c16-9-3-5-11(6-4-9)24-13(15(17,18)19)12(22-23-24)14(25)21-10-2-1-7-20-8-10;/h3-6,10,20H,1-2,7-8H2,(H,21,25);1H/t10-;/m0./s1. The first-order valence-corrected chi connectivity index (χ1v) is 7.66. The highest BCUT2D eigenvalue weighted by molar-refractivity contribution is 5.93. The van der Waals surface area contributed by atoms with E-state index in [1.165, 1.54) is 0 Å². The molecule has 1 fully saturated rings. The Morgan fingerprint density at radius 2 is 1.96 bits per heavy atom. The summed E-state index contributed by atoms with van der Waals surface area (Å²) in [6.45, 7) is 1.29. The molecule has 1 aromatic carbocycles. The topological polar surface area (TPSA) is 71.8 Å². The van der Waals surface area contributed by atoms with Crippen LogP contribution in [0.1, 0.15) is 29.0 Å². The number of alkyl halides is 3. The van der Waals surface area contributed by atoms with Gasteiger partial charge in [0.15, 0.2) is 11.4 Å². The number of rotatable bonds is 3. The fourth-order valence-electron chi connectivity index (χ4n) is 2.68. The van der Waals surface area contributed by atoms with Gasteiger partial charge in [0, 0.05) is 12.6 Å². The number of nitrogens with one attached hydrogen (secondary N) is 2. The van der Waals surface area contributed by atoms with Gasteiger partial charge >= 0.3 is 6.18 Å². The molecule has 2 N–H and O–H groups in total. The third-order valence-electron chi connectivity index (χ3n) is 3.86. The highest BCUT2D eigenvalue weighted by Crippen LogP contribution is 2.32. The highest BCUT2D eigenvalue weighted by Gasteiger charge is 2.42. The quantitative estimate of drug-likeness (QED) is 0.785. The third-order valence-corrected chi connectivity index (χ3v) is 3.86. The van der Waals surface area contributed by atoms with Crippen LogP contribution in [0, 0.1) is 5.82 Å². The van der Waals surface area contributed by atoms with E-state index in [1.54, 1.807) is 0 Å². The number of piperidine rings is 1. The summed E-state index contributed by atoms with van der Waals surface area (Å²) < 4.78 is 53.9. The van der Waals surface area contributed by atoms with Gasteiger partial charge in [0.1, 0.15) is 5.82 Å². The molecule has 1 saturated heterocycles. The van der Waals surface area contributed by atoms with Crippen LogP contribution in [0.4, 0.5) is 17.6 Å². The van der Waals surface area contributed by atoms with E-state index in [0.29, 0.717) is 17.6 Å². The Balaban J connectivity index is 0.00000243. The summed E-state index contributed by atoms with van der Waals surface area (Å²) in [6.07, 6.45) is -3.36. The summed E-state index contributed by atoms with van der Waals surface area (Å²) in [5, 5.41) is 12.5. The number of nitrogens with zero attached hydrogens (tertiary/aromatic N) is 3. The number of carbonyl (C=O) groups is 1. The minimum absolute atomic E-state index is 0. The first-order chi connectivity index (χ1) is 11.9. The molecule has 11 heteroatoms. The fourth-order valence-corrected chi connectivity index (χ4v) is 2.68. The number of benzene rings is 1. The lowest BCUT2D eigenvalue weighted by atomic mass is 10.1. The van der Waals surface area contributed by atoms with Gasteiger partial charge in [-0.15, -0.1) is 17.5 Å². The number of aromatic nitrogens is 3. The molecule has 0 aliphatic carbocycles. The molecule has 2 aromatic rings. The monoisotopic (exact) mass is 393 g/mol. The van der Waals surface area contributed by atoms with Gasteiger partial charge in [-0.2, -0.15) is 13.2 Å². The van der Waals surface area contributed by atoms with Crippen LogP contribution in [-0.4, -0.2) is 40.0 Å². The second kappa shape index (κ2) is 8.00. The van der Waals surface area contributed by atoms with E-state index in [4.69, 9.17) is 0 Å². The Morgan fingerprint density at radius 1 is 1.27 bits per heavy atom. The second-order valence-corrected chi connectivity index (χ2v) is 5.69. The van der Waals surface area contributed by atoms with Crippen LogP contribution in [0.3, 0.4) is 0 Å². The smallest absolute Gasteiger partial charge is 0.347 e. The molecular weight excluding hydrogens is 378 g/mol. The number of hydrogen-bond acceptors (Lipinski definition) is 4. The van der Waals surface area contributed by atoms with Crippen molar-refractivity contribution in [3.63, 3.8) is 0 Å². The lowest BCUT2D eigenvalue weighted by Crippen LogP contribution is -2.46. The van der Waals surface area contributed by atoms with Gasteiger partial charge in [-0.3, -0.25) is 4.79 Å². The molecule has 1 aliphatic rings. The van der Waals surface area contributed by atoms with Crippen LogP contribution in [0.25, 0.3) is 5.69 Å². The zero-order chi connectivity index (χ0) is 18.0. The Bertz CT molecular complexity index is 756. The minimum atomic E-state index is -4.85. The molecule has 2 heterocycles. The lowest BCUT2D eigenvalue weighted by Gasteiger charge is -2.23. The molecule has 1 aromatic heterocycles. The number of carbonyl (C=O) groups excluding carboxylic acids is 1. The molecule has 1 amide bonds. The zero-order valence-corrected chi connectivity index (χ0v) is 14.2. The van der Waals surface area contributed by atoms with E-state index in [-0.39, 0.29) is 24.1 Å². The molecule has 6 nitrogen and oxygen atoms in total. The van der Waals surface area contributed by atoms with E-state index >= 15 is 0 Å². The van der Waals surface area contributed by atoms with Crippen LogP contribution < -0.4 is 10.6 Å². The predicted octanol–water partition coefficient (Wildman–Crippen LogP) is 2.33. The van der Waals surface area contributed by atoms with Crippen molar-refractivity contribution in [2.45, 2.75) is 25.1 Å². The summed E-state index contributed by atoms with van der Waals surface area (Å²) in [5.41, 5.74) is -2.14. The number of halogens is 5. The van der Waals surface area contributed by atoms with Gasteiger partial charge in [-0.1, -0.05) is 5.21 Å². The van der Waals surface area contributed by atoms with Gasteiger partial charge in [0.25, 0.3) is 5.91 Å². The molecule has 142 valence electrons. The van der Waals surface area contributed by atoms with Gasteiger partial charge in [-0.05, 0) is 43.7 Å². The minimum Gasteiger partial charge on any atom is -0.347 e. The molecule has 3 rings (SSSR count). The van der Waals surface area contributed by atoms with Crippen molar-refractivity contribution in [1.82, 2.24) is 25.6 Å². The van der Waals surface area contributed by atoms with Crippen molar-refractivity contribution >= 4 is 18.3 Å². The van der Waals surface area contributed by atoms with Crippen LogP contribution >= 0.6 is 12.4 Å². The predicted molar refractivity (Wildman–Crippen MR) is 86.9 cm³/mol. The molecule has 26 heavy (non-hydrogen) atoms. The van der Waals surface area contributed by atoms with Crippen LogP contribution in [0.2, 0.25) is 0 Å². The van der Waals surface area contributed by atoms with Crippen molar-refractivity contribution in [3.05, 3.63) is 41.5 Å².